The van der Waals surface area contributed by atoms with Gasteiger partial charge in [-0.05, 0) is 24.0 Å². The van der Waals surface area contributed by atoms with Gasteiger partial charge in [-0.25, -0.2) is 5.06 Å². The number of hydrogen-bond acceptors (Lipinski definition) is 3. The van der Waals surface area contributed by atoms with E-state index in [1.165, 1.54) is 23.3 Å². The highest BCUT2D eigenvalue weighted by atomic mass is 16.7. The quantitative estimate of drug-likeness (QED) is 0.602. The van der Waals surface area contributed by atoms with Gasteiger partial charge < -0.3 is 0 Å². The van der Waals surface area contributed by atoms with Crippen molar-refractivity contribution in [3.8, 4) is 0 Å². The Kier molecular flexibility index (Phi) is 8.01. The summed E-state index contributed by atoms with van der Waals surface area (Å²) in [5, 5.41) is 1.32. The summed E-state index contributed by atoms with van der Waals surface area (Å²) >= 11 is 0. The van der Waals surface area contributed by atoms with Gasteiger partial charge in [-0.2, -0.15) is 0 Å². The van der Waals surface area contributed by atoms with E-state index in [9.17, 15) is 4.79 Å². The average Bonchev–Trinajstić information content (AvgIpc) is 2.70. The average molecular weight is 369 g/mol. The SMILES string of the molecule is CON(C)C(=O)C[C@H](C(C)C)N(Cc1ccccc1)[C@@H](C)c1ccccc1. The molecular formula is C23H32N2O2. The lowest BCUT2D eigenvalue weighted by molar-refractivity contribution is -0.170. The van der Waals surface area contributed by atoms with E-state index in [1.807, 2.05) is 12.1 Å². The zero-order chi connectivity index (χ0) is 19.8. The molecule has 0 N–H and O–H groups in total. The molecule has 146 valence electrons. The van der Waals surface area contributed by atoms with Crippen LogP contribution in [0.1, 0.15) is 44.4 Å². The van der Waals surface area contributed by atoms with Crippen LogP contribution in [0.15, 0.2) is 60.7 Å². The fourth-order valence-electron chi connectivity index (χ4n) is 3.40. The molecule has 0 radical (unpaired) electrons. The van der Waals surface area contributed by atoms with Crippen molar-refractivity contribution in [3.05, 3.63) is 71.8 Å². The Hall–Kier alpha value is -2.17. The summed E-state index contributed by atoms with van der Waals surface area (Å²) in [5.41, 5.74) is 2.50. The van der Waals surface area contributed by atoms with Gasteiger partial charge in [0, 0.05) is 32.1 Å². The second-order valence-corrected chi connectivity index (χ2v) is 7.33. The number of hydrogen-bond donors (Lipinski definition) is 0. The molecule has 2 aromatic rings. The van der Waals surface area contributed by atoms with E-state index in [2.05, 4.69) is 74.2 Å². The van der Waals surface area contributed by atoms with Gasteiger partial charge in [-0.3, -0.25) is 14.5 Å². The zero-order valence-electron chi connectivity index (χ0n) is 17.1. The first-order valence-electron chi connectivity index (χ1n) is 9.59. The highest BCUT2D eigenvalue weighted by Gasteiger charge is 2.30. The number of amides is 1. The predicted molar refractivity (Wildman–Crippen MR) is 110 cm³/mol. The van der Waals surface area contributed by atoms with Crippen molar-refractivity contribution in [2.75, 3.05) is 14.2 Å². The number of rotatable bonds is 9. The zero-order valence-corrected chi connectivity index (χ0v) is 17.1. The van der Waals surface area contributed by atoms with Gasteiger partial charge in [-0.1, -0.05) is 74.5 Å². The Morgan fingerprint density at radius 1 is 0.963 bits per heavy atom. The normalized spacial score (nSPS) is 13.6. The van der Waals surface area contributed by atoms with Crippen molar-refractivity contribution in [2.45, 2.75) is 45.8 Å². The van der Waals surface area contributed by atoms with Crippen LogP contribution in [0.2, 0.25) is 0 Å². The predicted octanol–water partition coefficient (Wildman–Crippen LogP) is 4.68. The van der Waals surface area contributed by atoms with Gasteiger partial charge in [0.15, 0.2) is 0 Å². The van der Waals surface area contributed by atoms with Crippen LogP contribution in [0.4, 0.5) is 0 Å². The minimum atomic E-state index is -0.00507. The standard InChI is InChI=1S/C23H32N2O2/c1-18(2)22(16-23(26)24(4)27-5)25(17-20-12-8-6-9-13-20)19(3)21-14-10-7-11-15-21/h6-15,18-19,22H,16-17H2,1-5H3/t19-,22+/m0/s1. The van der Waals surface area contributed by atoms with Gasteiger partial charge in [0.2, 0.25) is 5.91 Å². The molecule has 2 aromatic carbocycles. The third kappa shape index (κ3) is 5.91. The van der Waals surface area contributed by atoms with Crippen molar-refractivity contribution >= 4 is 5.91 Å². The second-order valence-electron chi connectivity index (χ2n) is 7.33. The summed E-state index contributed by atoms with van der Waals surface area (Å²) in [7, 11) is 3.19. The lowest BCUT2D eigenvalue weighted by Gasteiger charge is -2.39. The van der Waals surface area contributed by atoms with E-state index in [4.69, 9.17) is 4.84 Å². The first-order valence-corrected chi connectivity index (χ1v) is 9.59. The first-order chi connectivity index (χ1) is 12.9. The number of hydroxylamine groups is 2. The van der Waals surface area contributed by atoms with Crippen molar-refractivity contribution < 1.29 is 9.63 Å². The molecule has 1 amide bonds. The monoisotopic (exact) mass is 368 g/mol. The van der Waals surface area contributed by atoms with Gasteiger partial charge in [-0.15, -0.1) is 0 Å². The number of benzene rings is 2. The van der Waals surface area contributed by atoms with Gasteiger partial charge in [0.25, 0.3) is 0 Å². The molecule has 0 bridgehead atoms. The summed E-state index contributed by atoms with van der Waals surface area (Å²) < 4.78 is 0. The molecule has 0 unspecified atom stereocenters. The van der Waals surface area contributed by atoms with E-state index in [0.717, 1.165) is 6.54 Å². The molecular weight excluding hydrogens is 336 g/mol. The second kappa shape index (κ2) is 10.2. The lowest BCUT2D eigenvalue weighted by Crippen LogP contribution is -2.43. The van der Waals surface area contributed by atoms with Crippen molar-refractivity contribution in [1.82, 2.24) is 9.96 Å². The highest BCUT2D eigenvalue weighted by Crippen LogP contribution is 2.29. The Bertz CT molecular complexity index is 688. The summed E-state index contributed by atoms with van der Waals surface area (Å²) in [4.78, 5) is 20.1. The van der Waals surface area contributed by atoms with Crippen LogP contribution in [0.25, 0.3) is 0 Å². The molecule has 27 heavy (non-hydrogen) atoms. The molecule has 2 atom stereocenters. The summed E-state index contributed by atoms with van der Waals surface area (Å²) in [5.74, 6) is 0.323. The van der Waals surface area contributed by atoms with Gasteiger partial charge in [0.05, 0.1) is 7.11 Å². The minimum absolute atomic E-state index is 0.00507. The number of nitrogens with zero attached hydrogens (tertiary/aromatic N) is 2. The van der Waals surface area contributed by atoms with Crippen LogP contribution in [0.3, 0.4) is 0 Å². The Morgan fingerprint density at radius 3 is 2.04 bits per heavy atom. The highest BCUT2D eigenvalue weighted by molar-refractivity contribution is 5.75. The molecule has 0 spiro atoms. The maximum atomic E-state index is 12.6. The molecule has 2 rings (SSSR count). The molecule has 0 saturated heterocycles. The molecule has 0 aromatic heterocycles. The summed E-state index contributed by atoms with van der Waals surface area (Å²) in [6, 6.07) is 21.2. The summed E-state index contributed by atoms with van der Waals surface area (Å²) in [6.45, 7) is 7.38. The maximum absolute atomic E-state index is 12.6. The van der Waals surface area contributed by atoms with Crippen LogP contribution in [0, 0.1) is 5.92 Å². The molecule has 0 aliphatic heterocycles. The van der Waals surface area contributed by atoms with E-state index in [1.54, 1.807) is 7.05 Å². The van der Waals surface area contributed by atoms with Crippen molar-refractivity contribution in [3.63, 3.8) is 0 Å². The molecule has 0 fully saturated rings. The third-order valence-electron chi connectivity index (χ3n) is 5.19. The third-order valence-corrected chi connectivity index (χ3v) is 5.19. The smallest absolute Gasteiger partial charge is 0.247 e. The molecule has 0 heterocycles. The van der Waals surface area contributed by atoms with E-state index >= 15 is 0 Å². The largest absolute Gasteiger partial charge is 0.289 e. The number of carbonyl (C=O) groups excluding carboxylic acids is 1. The van der Waals surface area contributed by atoms with E-state index < -0.39 is 0 Å². The van der Waals surface area contributed by atoms with E-state index in [-0.39, 0.29) is 18.0 Å². The Labute approximate surface area is 163 Å². The summed E-state index contributed by atoms with van der Waals surface area (Å²) in [6.07, 6.45) is 0.423. The van der Waals surface area contributed by atoms with Gasteiger partial charge >= 0.3 is 0 Å². The minimum Gasteiger partial charge on any atom is -0.289 e. The molecule has 0 saturated carbocycles. The molecule has 0 aliphatic carbocycles. The van der Waals surface area contributed by atoms with Crippen molar-refractivity contribution in [2.24, 2.45) is 5.92 Å². The van der Waals surface area contributed by atoms with Crippen LogP contribution >= 0.6 is 0 Å². The Morgan fingerprint density at radius 2 is 1.52 bits per heavy atom. The van der Waals surface area contributed by atoms with Gasteiger partial charge in [0.1, 0.15) is 0 Å². The van der Waals surface area contributed by atoms with Crippen LogP contribution in [-0.2, 0) is 16.2 Å². The maximum Gasteiger partial charge on any atom is 0.247 e. The van der Waals surface area contributed by atoms with Crippen molar-refractivity contribution in [1.29, 1.82) is 0 Å². The first kappa shape index (κ1) is 21.1. The fraction of sp³-hybridized carbons (Fsp3) is 0.435. The molecule has 0 aliphatic rings. The molecule has 4 heteroatoms. The molecule has 4 nitrogen and oxygen atoms in total. The van der Waals surface area contributed by atoms with Crippen LogP contribution < -0.4 is 0 Å². The lowest BCUT2D eigenvalue weighted by atomic mass is 9.94. The van der Waals surface area contributed by atoms with E-state index in [0.29, 0.717) is 12.3 Å². The fourth-order valence-corrected chi connectivity index (χ4v) is 3.40. The van der Waals surface area contributed by atoms with Crippen LogP contribution in [0.5, 0.6) is 0 Å². The Balaban J connectivity index is 2.33. The van der Waals surface area contributed by atoms with Crippen LogP contribution in [-0.4, -0.2) is 36.1 Å². The topological polar surface area (TPSA) is 32.8 Å². The number of carbonyl (C=O) groups is 1.